The number of ether oxygens (including phenoxy) is 1. The van der Waals surface area contributed by atoms with Crippen molar-refractivity contribution in [3.8, 4) is 0 Å². The second-order valence-electron chi connectivity index (χ2n) is 8.26. The Kier molecular flexibility index (Phi) is 6.23. The van der Waals surface area contributed by atoms with Crippen molar-refractivity contribution in [1.29, 1.82) is 0 Å². The van der Waals surface area contributed by atoms with Gasteiger partial charge in [0.15, 0.2) is 5.69 Å². The van der Waals surface area contributed by atoms with Crippen molar-refractivity contribution < 1.29 is 23.2 Å². The van der Waals surface area contributed by atoms with Crippen LogP contribution >= 0.6 is 11.3 Å². The third-order valence-corrected chi connectivity index (χ3v) is 6.68. The van der Waals surface area contributed by atoms with Crippen molar-refractivity contribution in [2.24, 2.45) is 0 Å². The predicted molar refractivity (Wildman–Crippen MR) is 117 cm³/mol. The zero-order chi connectivity index (χ0) is 22.3. The number of esters is 1. The Morgan fingerprint density at radius 3 is 2.23 bits per heavy atom. The quantitative estimate of drug-likeness (QED) is 0.484. The lowest BCUT2D eigenvalue weighted by Crippen LogP contribution is -2.41. The minimum atomic E-state index is -1.19. The fourth-order valence-electron chi connectivity index (χ4n) is 3.18. The zero-order valence-corrected chi connectivity index (χ0v) is 19.3. The molecule has 0 atom stereocenters. The maximum absolute atomic E-state index is 16.0. The second kappa shape index (κ2) is 8.25. The molecule has 5 nitrogen and oxygen atoms in total. The molecule has 1 aromatic carbocycles. The van der Waals surface area contributed by atoms with Gasteiger partial charge >= 0.3 is 13.1 Å². The summed E-state index contributed by atoms with van der Waals surface area (Å²) >= 11 is 1.24. The molecule has 0 saturated carbocycles. The van der Waals surface area contributed by atoms with Gasteiger partial charge in [-0.2, -0.15) is 0 Å². The Bertz CT molecular complexity index is 966. The van der Waals surface area contributed by atoms with E-state index in [2.05, 4.69) is 11.9 Å². The van der Waals surface area contributed by atoms with E-state index < -0.39 is 30.0 Å². The number of aromatic nitrogens is 1. The highest BCUT2D eigenvalue weighted by Gasteiger charge is 2.54. The van der Waals surface area contributed by atoms with Crippen LogP contribution < -0.4 is 0 Å². The Morgan fingerprint density at radius 2 is 1.73 bits per heavy atom. The molecule has 3 rings (SSSR count). The van der Waals surface area contributed by atoms with Crippen LogP contribution in [0.25, 0.3) is 5.57 Å². The molecule has 0 amide bonds. The average molecular weight is 431 g/mol. The molecule has 1 aliphatic rings. The molecule has 8 heteroatoms. The molecule has 1 saturated heterocycles. The first-order valence-corrected chi connectivity index (χ1v) is 10.7. The summed E-state index contributed by atoms with van der Waals surface area (Å²) in [4.78, 5) is 17.0. The molecule has 0 bridgehead atoms. The number of hydrogen-bond donors (Lipinski definition) is 0. The van der Waals surface area contributed by atoms with E-state index in [-0.39, 0.29) is 11.3 Å². The maximum Gasteiger partial charge on any atom is 0.525 e. The number of benzene rings is 1. The van der Waals surface area contributed by atoms with Crippen LogP contribution in [0.3, 0.4) is 0 Å². The molecule has 2 aromatic rings. The molecular weight excluding hydrogens is 404 g/mol. The summed E-state index contributed by atoms with van der Waals surface area (Å²) in [6, 6.07) is 7.57. The minimum Gasteiger partial charge on any atom is -0.464 e. The largest absolute Gasteiger partial charge is 0.525 e. The van der Waals surface area contributed by atoms with Crippen molar-refractivity contribution >= 4 is 30.0 Å². The van der Waals surface area contributed by atoms with E-state index in [1.165, 1.54) is 18.4 Å². The van der Waals surface area contributed by atoms with Gasteiger partial charge in [-0.05, 0) is 52.2 Å². The minimum absolute atomic E-state index is 0.0845. The van der Waals surface area contributed by atoms with E-state index in [1.807, 2.05) is 52.0 Å². The average Bonchev–Trinajstić information content (AvgIpc) is 3.17. The number of carbonyl (C=O) groups is 1. The Hall–Kier alpha value is -2.03. The van der Waals surface area contributed by atoms with Crippen molar-refractivity contribution in [2.45, 2.75) is 59.2 Å². The second-order valence-corrected chi connectivity index (χ2v) is 9.47. The lowest BCUT2D eigenvalue weighted by Gasteiger charge is -2.32. The number of aryl methyl sites for hydroxylation is 2. The topological polar surface area (TPSA) is 57.7 Å². The number of nitrogens with zero attached hydrogens (tertiary/aromatic N) is 1. The summed E-state index contributed by atoms with van der Waals surface area (Å²) in [6.45, 7) is 11.3. The first kappa shape index (κ1) is 22.7. The smallest absolute Gasteiger partial charge is 0.464 e. The molecular formula is C22H27BFNO4S. The molecule has 1 fully saturated rings. The number of rotatable bonds is 5. The lowest BCUT2D eigenvalue weighted by atomic mass is 9.82. The van der Waals surface area contributed by atoms with Crippen LogP contribution in [0.1, 0.15) is 66.1 Å². The summed E-state index contributed by atoms with van der Waals surface area (Å²) in [5, 5.41) is 0.634. The molecule has 1 aromatic heterocycles. The van der Waals surface area contributed by atoms with Gasteiger partial charge in [-0.1, -0.05) is 31.2 Å². The molecule has 0 N–H and O–H groups in total. The molecule has 0 aliphatic carbocycles. The number of thiazole rings is 1. The number of methoxy groups -OCH3 is 1. The lowest BCUT2D eigenvalue weighted by molar-refractivity contribution is 0.00578. The van der Waals surface area contributed by atoms with E-state index in [9.17, 15) is 4.79 Å². The molecule has 1 aliphatic heterocycles. The van der Waals surface area contributed by atoms with Gasteiger partial charge in [-0.25, -0.2) is 14.2 Å². The van der Waals surface area contributed by atoms with Crippen LogP contribution in [-0.4, -0.2) is 36.4 Å². The van der Waals surface area contributed by atoms with E-state index >= 15 is 4.39 Å². The normalized spacial score (nSPS) is 18.3. The van der Waals surface area contributed by atoms with Crippen LogP contribution in [0.2, 0.25) is 0 Å². The van der Waals surface area contributed by atoms with Gasteiger partial charge in [0.1, 0.15) is 5.73 Å². The van der Waals surface area contributed by atoms with Crippen LogP contribution in [0.4, 0.5) is 4.39 Å². The standard InChI is InChI=1S/C22H27BFNO4S/c1-8-14-9-11-15(12-10-14)16(18-17(20(26)27-7)25-13(2)30-18)19(24)23-28-21(3,4)22(5,6)29-23/h9-12H,8H2,1-7H3. The van der Waals surface area contributed by atoms with E-state index in [0.717, 1.165) is 12.0 Å². The predicted octanol–water partition coefficient (Wildman–Crippen LogP) is 5.16. The summed E-state index contributed by atoms with van der Waals surface area (Å²) in [5.41, 5.74) is 0.0909. The van der Waals surface area contributed by atoms with Crippen molar-refractivity contribution in [1.82, 2.24) is 4.98 Å². The summed E-state index contributed by atoms with van der Waals surface area (Å²) in [5.74, 6) is -0.612. The van der Waals surface area contributed by atoms with Crippen molar-refractivity contribution in [2.75, 3.05) is 7.11 Å². The molecule has 160 valence electrons. The summed E-state index contributed by atoms with van der Waals surface area (Å²) < 4.78 is 32.8. The highest BCUT2D eigenvalue weighted by Crippen LogP contribution is 2.42. The Labute approximate surface area is 181 Å². The van der Waals surface area contributed by atoms with Crippen molar-refractivity contribution in [3.63, 3.8) is 0 Å². The first-order valence-electron chi connectivity index (χ1n) is 9.91. The summed E-state index contributed by atoms with van der Waals surface area (Å²) in [7, 11) is 0.0916. The zero-order valence-electron chi connectivity index (χ0n) is 18.5. The van der Waals surface area contributed by atoms with E-state index in [1.54, 1.807) is 6.92 Å². The van der Waals surface area contributed by atoms with Gasteiger partial charge in [0.05, 0.1) is 28.2 Å². The number of hydrogen-bond acceptors (Lipinski definition) is 6. The van der Waals surface area contributed by atoms with Gasteiger partial charge in [0, 0.05) is 5.57 Å². The van der Waals surface area contributed by atoms with E-state index in [0.29, 0.717) is 15.4 Å². The van der Waals surface area contributed by atoms with Crippen LogP contribution in [0.15, 0.2) is 30.0 Å². The third-order valence-electron chi connectivity index (χ3n) is 5.69. The summed E-state index contributed by atoms with van der Waals surface area (Å²) in [6.07, 6.45) is 0.867. The monoisotopic (exact) mass is 431 g/mol. The van der Waals surface area contributed by atoms with Gasteiger partial charge in [-0.3, -0.25) is 0 Å². The molecule has 0 unspecified atom stereocenters. The Morgan fingerprint density at radius 1 is 1.17 bits per heavy atom. The number of carbonyl (C=O) groups excluding carboxylic acids is 1. The van der Waals surface area contributed by atoms with Gasteiger partial charge in [0.25, 0.3) is 0 Å². The molecule has 0 radical (unpaired) electrons. The first-order chi connectivity index (χ1) is 14.0. The van der Waals surface area contributed by atoms with Crippen LogP contribution in [0.5, 0.6) is 0 Å². The maximum atomic E-state index is 16.0. The van der Waals surface area contributed by atoms with Gasteiger partial charge in [0.2, 0.25) is 0 Å². The van der Waals surface area contributed by atoms with Crippen molar-refractivity contribution in [3.05, 3.63) is 56.7 Å². The highest BCUT2D eigenvalue weighted by atomic mass is 32.1. The number of halogens is 1. The van der Waals surface area contributed by atoms with E-state index in [4.69, 9.17) is 14.0 Å². The Balaban J connectivity index is 2.21. The molecule has 2 heterocycles. The van der Waals surface area contributed by atoms with Gasteiger partial charge < -0.3 is 14.0 Å². The fraction of sp³-hybridized carbons (Fsp3) is 0.455. The SMILES string of the molecule is CCc1ccc(C(=C(F)B2OC(C)(C)C(C)(C)O2)c2sc(C)nc2C(=O)OC)cc1. The van der Waals surface area contributed by atoms with Gasteiger partial charge in [-0.15, -0.1) is 11.3 Å². The van der Waals surface area contributed by atoms with Crippen LogP contribution in [-0.2, 0) is 20.5 Å². The fourth-order valence-corrected chi connectivity index (χ4v) is 4.16. The van der Waals surface area contributed by atoms with Crippen LogP contribution in [0, 0.1) is 6.92 Å². The highest BCUT2D eigenvalue weighted by molar-refractivity contribution is 7.13. The molecule has 30 heavy (non-hydrogen) atoms. The third kappa shape index (κ3) is 4.09. The molecule has 0 spiro atoms.